The summed E-state index contributed by atoms with van der Waals surface area (Å²) in [5, 5.41) is 4.35. The molecule has 0 spiro atoms. The van der Waals surface area contributed by atoms with Crippen LogP contribution in [-0.4, -0.2) is 34.9 Å². The van der Waals surface area contributed by atoms with Crippen molar-refractivity contribution >= 4 is 46.5 Å². The number of nitrogens with zero attached hydrogens (tertiary/aromatic N) is 3. The molecule has 1 atom stereocenters. The molecule has 5 nitrogen and oxygen atoms in total. The van der Waals surface area contributed by atoms with Gasteiger partial charge in [0.15, 0.2) is 5.69 Å². The Hall–Kier alpha value is -1.64. The van der Waals surface area contributed by atoms with Crippen molar-refractivity contribution in [2.45, 2.75) is 52.4 Å². The van der Waals surface area contributed by atoms with E-state index in [4.69, 9.17) is 39.5 Å². The maximum atomic E-state index is 13.2. The Morgan fingerprint density at radius 3 is 2.34 bits per heavy atom. The van der Waals surface area contributed by atoms with Gasteiger partial charge in [0.05, 0.1) is 28.0 Å². The number of carbonyl (C=O) groups excluding carboxylic acids is 1. The van der Waals surface area contributed by atoms with Crippen molar-refractivity contribution in [1.82, 2.24) is 9.78 Å². The first-order valence-corrected chi connectivity index (χ1v) is 11.2. The van der Waals surface area contributed by atoms with Crippen LogP contribution in [0.1, 0.15) is 36.7 Å². The number of rotatable bonds is 5. The zero-order valence-electron chi connectivity index (χ0n) is 17.8. The van der Waals surface area contributed by atoms with Crippen molar-refractivity contribution in [2.24, 2.45) is 5.92 Å². The summed E-state index contributed by atoms with van der Waals surface area (Å²) in [6.07, 6.45) is -3.97. The third-order valence-corrected chi connectivity index (χ3v) is 6.87. The van der Waals surface area contributed by atoms with Gasteiger partial charge in [-0.2, -0.15) is 18.3 Å². The lowest BCUT2D eigenvalue weighted by Crippen LogP contribution is -2.41. The van der Waals surface area contributed by atoms with E-state index in [0.29, 0.717) is 36.0 Å². The second-order valence-electron chi connectivity index (χ2n) is 7.95. The Balaban J connectivity index is 1.76. The van der Waals surface area contributed by atoms with E-state index >= 15 is 0 Å². The molecule has 0 aliphatic carbocycles. The number of benzene rings is 1. The van der Waals surface area contributed by atoms with Gasteiger partial charge in [0.2, 0.25) is 0 Å². The number of halogens is 6. The summed E-state index contributed by atoms with van der Waals surface area (Å²) in [6.45, 7) is 5.93. The van der Waals surface area contributed by atoms with Crippen molar-refractivity contribution in [3.05, 3.63) is 44.2 Å². The molecule has 0 radical (unpaired) electrons. The number of piperidine rings is 1. The third kappa shape index (κ3) is 5.46. The zero-order chi connectivity index (χ0) is 23.8. The molecule has 1 aliphatic rings. The van der Waals surface area contributed by atoms with E-state index in [1.165, 1.54) is 18.5 Å². The van der Waals surface area contributed by atoms with E-state index in [0.717, 1.165) is 11.3 Å². The minimum atomic E-state index is -4.66. The summed E-state index contributed by atoms with van der Waals surface area (Å²) < 4.78 is 46.2. The van der Waals surface area contributed by atoms with Gasteiger partial charge in [0.25, 0.3) is 0 Å². The average molecular weight is 513 g/mol. The zero-order valence-corrected chi connectivity index (χ0v) is 20.0. The number of carbonyl (C=O) groups is 1. The van der Waals surface area contributed by atoms with Gasteiger partial charge in [-0.3, -0.25) is 9.48 Å². The summed E-state index contributed by atoms with van der Waals surface area (Å²) in [4.78, 5) is 13.8. The van der Waals surface area contributed by atoms with Crippen LogP contribution < -0.4 is 4.90 Å². The molecule has 176 valence electrons. The second kappa shape index (κ2) is 9.69. The van der Waals surface area contributed by atoms with Crippen molar-refractivity contribution in [3.63, 3.8) is 0 Å². The van der Waals surface area contributed by atoms with Crippen LogP contribution in [0.3, 0.4) is 0 Å². The van der Waals surface area contributed by atoms with E-state index in [2.05, 4.69) is 10.00 Å². The van der Waals surface area contributed by atoms with Crippen molar-refractivity contribution in [1.29, 1.82) is 0 Å². The Kier molecular flexibility index (Phi) is 7.57. The molecule has 1 unspecified atom stereocenters. The molecule has 1 aliphatic heterocycles. The topological polar surface area (TPSA) is 47.4 Å². The number of esters is 1. The first-order chi connectivity index (χ1) is 14.9. The summed E-state index contributed by atoms with van der Waals surface area (Å²) in [5.74, 6) is -0.556. The van der Waals surface area contributed by atoms with Gasteiger partial charge in [0, 0.05) is 31.0 Å². The average Bonchev–Trinajstić information content (AvgIpc) is 2.99. The van der Waals surface area contributed by atoms with Crippen LogP contribution in [0, 0.1) is 19.8 Å². The van der Waals surface area contributed by atoms with E-state index in [1.54, 1.807) is 6.07 Å². The number of hydrogen-bond acceptors (Lipinski definition) is 4. The molecule has 1 fully saturated rings. The molecule has 11 heteroatoms. The van der Waals surface area contributed by atoms with Crippen molar-refractivity contribution in [2.75, 3.05) is 18.0 Å². The maximum Gasteiger partial charge on any atom is 0.436 e. The molecule has 0 bridgehead atoms. The molecule has 1 aromatic heterocycles. The fourth-order valence-electron chi connectivity index (χ4n) is 3.95. The number of anilines is 1. The smallest absolute Gasteiger partial charge is 0.436 e. The summed E-state index contributed by atoms with van der Waals surface area (Å²) >= 11 is 18.4. The molecule has 2 aromatic rings. The van der Waals surface area contributed by atoms with Gasteiger partial charge >= 0.3 is 12.1 Å². The molecular weight excluding hydrogens is 490 g/mol. The first kappa shape index (κ1) is 25.0. The van der Waals surface area contributed by atoms with Gasteiger partial charge in [-0.1, -0.05) is 34.8 Å². The summed E-state index contributed by atoms with van der Waals surface area (Å²) in [5.41, 5.74) is 0.830. The van der Waals surface area contributed by atoms with Crippen LogP contribution >= 0.6 is 34.8 Å². The molecule has 3 rings (SSSR count). The summed E-state index contributed by atoms with van der Waals surface area (Å²) in [6, 6.07) is 3.65. The van der Waals surface area contributed by atoms with Crippen LogP contribution in [-0.2, 0) is 22.3 Å². The Bertz CT molecular complexity index is 1000. The van der Waals surface area contributed by atoms with E-state index in [-0.39, 0.29) is 18.2 Å². The normalized spacial score (nSPS) is 16.3. The lowest BCUT2D eigenvalue weighted by molar-refractivity contribution is -0.151. The van der Waals surface area contributed by atoms with E-state index < -0.39 is 29.0 Å². The van der Waals surface area contributed by atoms with Gasteiger partial charge in [-0.05, 0) is 44.4 Å². The van der Waals surface area contributed by atoms with Gasteiger partial charge in [-0.15, -0.1) is 0 Å². The van der Waals surface area contributed by atoms with Crippen LogP contribution in [0.2, 0.25) is 15.1 Å². The minimum absolute atomic E-state index is 0.00725. The molecule has 0 amide bonds. The number of ether oxygens (including phenoxy) is 1. The monoisotopic (exact) mass is 511 g/mol. The van der Waals surface area contributed by atoms with Gasteiger partial charge < -0.3 is 9.64 Å². The third-order valence-electron chi connectivity index (χ3n) is 5.71. The first-order valence-electron chi connectivity index (χ1n) is 10.1. The minimum Gasteiger partial charge on any atom is -0.460 e. The summed E-state index contributed by atoms with van der Waals surface area (Å²) in [7, 11) is 0. The van der Waals surface area contributed by atoms with Crippen LogP contribution in [0.4, 0.5) is 18.9 Å². The number of alkyl halides is 3. The SMILES string of the molecule is CC(=O)OC(Cn1nc(C(F)(F)F)c(Cl)c1C)C1CCN(c2cc(C)c(Cl)cc2Cl)CC1. The fourth-order valence-corrected chi connectivity index (χ4v) is 4.69. The van der Waals surface area contributed by atoms with Crippen molar-refractivity contribution in [3.8, 4) is 0 Å². The molecule has 32 heavy (non-hydrogen) atoms. The fraction of sp³-hybridized carbons (Fsp3) is 0.524. The molecular formula is C21H23Cl3F3N3O2. The second-order valence-corrected chi connectivity index (χ2v) is 9.15. The Labute approximate surface area is 199 Å². The number of aryl methyl sites for hydroxylation is 1. The van der Waals surface area contributed by atoms with Crippen LogP contribution in [0.15, 0.2) is 12.1 Å². The molecule has 0 saturated carbocycles. The van der Waals surface area contributed by atoms with E-state index in [1.807, 2.05) is 13.0 Å². The molecule has 1 saturated heterocycles. The lowest BCUT2D eigenvalue weighted by Gasteiger charge is -2.37. The highest BCUT2D eigenvalue weighted by Gasteiger charge is 2.39. The van der Waals surface area contributed by atoms with Gasteiger partial charge in [-0.25, -0.2) is 0 Å². The molecule has 1 aromatic carbocycles. The quantitative estimate of drug-likeness (QED) is 0.439. The Morgan fingerprint density at radius 1 is 1.19 bits per heavy atom. The van der Waals surface area contributed by atoms with Crippen molar-refractivity contribution < 1.29 is 22.7 Å². The lowest BCUT2D eigenvalue weighted by atomic mass is 9.90. The molecule has 2 heterocycles. The highest BCUT2D eigenvalue weighted by molar-refractivity contribution is 6.36. The Morgan fingerprint density at radius 2 is 1.81 bits per heavy atom. The standard InChI is InChI=1S/C21H23Cl3F3N3O2/c1-11-8-17(16(23)9-15(11)22)29-6-4-14(5-7-29)18(32-13(3)31)10-30-12(2)19(24)20(28-30)21(25,26)27/h8-9,14,18H,4-7,10H2,1-3H3. The molecule has 0 N–H and O–H groups in total. The van der Waals surface area contributed by atoms with Gasteiger partial charge in [0.1, 0.15) is 6.10 Å². The highest BCUT2D eigenvalue weighted by atomic mass is 35.5. The number of aromatic nitrogens is 2. The predicted octanol–water partition coefficient (Wildman–Crippen LogP) is 6.33. The highest BCUT2D eigenvalue weighted by Crippen LogP contribution is 2.37. The van der Waals surface area contributed by atoms with Crippen LogP contribution in [0.5, 0.6) is 0 Å². The van der Waals surface area contributed by atoms with Crippen LogP contribution in [0.25, 0.3) is 0 Å². The van der Waals surface area contributed by atoms with E-state index in [9.17, 15) is 18.0 Å². The predicted molar refractivity (Wildman–Crippen MR) is 119 cm³/mol. The largest absolute Gasteiger partial charge is 0.460 e. The number of hydrogen-bond donors (Lipinski definition) is 0. The maximum absolute atomic E-state index is 13.2.